The average molecular weight is 503 g/mol. The van der Waals surface area contributed by atoms with Crippen LogP contribution in [-0.2, 0) is 19.5 Å². The van der Waals surface area contributed by atoms with Crippen molar-refractivity contribution in [1.82, 2.24) is 9.62 Å². The predicted octanol–water partition coefficient (Wildman–Crippen LogP) is 3.31. The molecule has 3 atom stereocenters. The molecule has 2 fully saturated rings. The molecule has 1 N–H and O–H groups in total. The predicted molar refractivity (Wildman–Crippen MR) is 120 cm³/mol. The van der Waals surface area contributed by atoms with Gasteiger partial charge in [0.05, 0.1) is 38.2 Å². The zero-order valence-corrected chi connectivity index (χ0v) is 20.3. The molecule has 0 radical (unpaired) electrons. The van der Waals surface area contributed by atoms with Crippen LogP contribution in [0.15, 0.2) is 12.1 Å². The Bertz CT molecular complexity index is 999. The molecule has 8 nitrogen and oxygen atoms in total. The summed E-state index contributed by atoms with van der Waals surface area (Å²) in [5, 5.41) is 0. The van der Waals surface area contributed by atoms with Crippen LogP contribution in [0.5, 0.6) is 5.75 Å². The van der Waals surface area contributed by atoms with Gasteiger partial charge in [0.2, 0.25) is 10.0 Å². The Morgan fingerprint density at radius 3 is 2.50 bits per heavy atom. The molecule has 1 saturated carbocycles. The molecule has 1 aromatic rings. The van der Waals surface area contributed by atoms with Crippen LogP contribution < -0.4 is 9.46 Å². The van der Waals surface area contributed by atoms with Crippen molar-refractivity contribution in [2.75, 3.05) is 26.1 Å². The lowest BCUT2D eigenvalue weighted by Gasteiger charge is -2.33. The van der Waals surface area contributed by atoms with E-state index >= 15 is 4.39 Å². The molecule has 5 rings (SSSR count). The second-order valence-electron chi connectivity index (χ2n) is 9.49. The van der Waals surface area contributed by atoms with E-state index in [0.29, 0.717) is 37.7 Å². The van der Waals surface area contributed by atoms with Crippen LogP contribution >= 0.6 is 0 Å². The molecule has 0 aromatic heterocycles. The maximum Gasteiger partial charge on any atom is 0.410 e. The van der Waals surface area contributed by atoms with Crippen LogP contribution in [0.3, 0.4) is 0 Å². The van der Waals surface area contributed by atoms with E-state index < -0.39 is 39.8 Å². The third-order valence-electron chi connectivity index (χ3n) is 6.89. The minimum Gasteiger partial charge on any atom is -0.490 e. The Hall–Kier alpha value is -1.98. The number of halogens is 2. The highest BCUT2D eigenvalue weighted by Gasteiger charge is 2.44. The number of sulfonamides is 1. The smallest absolute Gasteiger partial charge is 0.410 e. The summed E-state index contributed by atoms with van der Waals surface area (Å²) >= 11 is 0. The first-order chi connectivity index (χ1) is 16.1. The van der Waals surface area contributed by atoms with Gasteiger partial charge in [0.25, 0.3) is 0 Å². The van der Waals surface area contributed by atoms with Crippen LogP contribution in [0.2, 0.25) is 0 Å². The van der Waals surface area contributed by atoms with Crippen molar-refractivity contribution in [1.29, 1.82) is 0 Å². The van der Waals surface area contributed by atoms with Crippen LogP contribution in [0, 0.1) is 11.6 Å². The zero-order chi connectivity index (χ0) is 24.5. The first kappa shape index (κ1) is 25.1. The number of nitrogens with zero attached hydrogens (tertiary/aromatic N) is 1. The fourth-order valence-electron chi connectivity index (χ4n) is 5.31. The van der Waals surface area contributed by atoms with Crippen molar-refractivity contribution in [3.63, 3.8) is 0 Å². The highest BCUT2D eigenvalue weighted by Crippen LogP contribution is 2.38. The van der Waals surface area contributed by atoms with E-state index in [1.165, 1.54) is 6.07 Å². The average Bonchev–Trinajstić information content (AvgIpc) is 3.06. The summed E-state index contributed by atoms with van der Waals surface area (Å²) in [4.78, 5) is 14.4. The molecule has 190 valence electrons. The Balaban J connectivity index is 1.55. The molecule has 11 heteroatoms. The second kappa shape index (κ2) is 10.3. The number of hydrogen-bond acceptors (Lipinski definition) is 6. The summed E-state index contributed by atoms with van der Waals surface area (Å²) in [6.07, 6.45) is 3.70. The lowest BCUT2D eigenvalue weighted by Crippen LogP contribution is -2.50. The van der Waals surface area contributed by atoms with Crippen LogP contribution in [-0.4, -0.2) is 69.7 Å². The Labute approximate surface area is 199 Å². The second-order valence-corrected chi connectivity index (χ2v) is 11.3. The first-order valence-electron chi connectivity index (χ1n) is 11.8. The van der Waals surface area contributed by atoms with Crippen molar-refractivity contribution in [2.45, 2.75) is 75.6 Å². The van der Waals surface area contributed by atoms with Crippen molar-refractivity contribution in [2.24, 2.45) is 0 Å². The number of amides is 1. The highest BCUT2D eigenvalue weighted by atomic mass is 32.2. The van der Waals surface area contributed by atoms with Gasteiger partial charge in [0.15, 0.2) is 11.6 Å². The summed E-state index contributed by atoms with van der Waals surface area (Å²) in [7, 11) is -3.49. The lowest BCUT2D eigenvalue weighted by molar-refractivity contribution is -0.0106. The molecule has 1 aromatic carbocycles. The summed E-state index contributed by atoms with van der Waals surface area (Å²) in [5.74, 6) is -1.36. The Morgan fingerprint density at radius 2 is 1.79 bits per heavy atom. The SMILES string of the molecule is CC1CC(NS(C)(=O)=O)C2COC3CCC(CC3)c3cc(F)cc(c3F)OCCCOC(=O)N12. The number of ether oxygens (including phenoxy) is 3. The van der Waals surface area contributed by atoms with Gasteiger partial charge in [0, 0.05) is 24.6 Å². The third-order valence-corrected chi connectivity index (χ3v) is 7.62. The number of carbonyl (C=O) groups excluding carboxylic acids is 1. The molecule has 3 aliphatic heterocycles. The van der Waals surface area contributed by atoms with E-state index in [9.17, 15) is 17.6 Å². The zero-order valence-electron chi connectivity index (χ0n) is 19.5. The normalized spacial score (nSPS) is 30.9. The molecule has 4 aliphatic rings. The minimum atomic E-state index is -3.49. The van der Waals surface area contributed by atoms with Gasteiger partial charge < -0.3 is 14.2 Å². The van der Waals surface area contributed by atoms with Gasteiger partial charge in [-0.3, -0.25) is 4.90 Å². The van der Waals surface area contributed by atoms with Gasteiger partial charge in [-0.25, -0.2) is 26.7 Å². The molecule has 1 amide bonds. The van der Waals surface area contributed by atoms with E-state index in [0.717, 1.165) is 12.3 Å². The van der Waals surface area contributed by atoms with E-state index in [1.807, 2.05) is 6.92 Å². The van der Waals surface area contributed by atoms with E-state index in [-0.39, 0.29) is 50.1 Å². The lowest BCUT2D eigenvalue weighted by atomic mass is 9.82. The molecule has 1 aliphatic carbocycles. The van der Waals surface area contributed by atoms with Crippen molar-refractivity contribution < 1.29 is 36.2 Å². The van der Waals surface area contributed by atoms with Crippen molar-refractivity contribution in [3.05, 3.63) is 29.3 Å². The van der Waals surface area contributed by atoms with Gasteiger partial charge in [-0.15, -0.1) is 0 Å². The number of benzene rings is 1. The quantitative estimate of drug-likeness (QED) is 0.667. The summed E-state index contributed by atoms with van der Waals surface area (Å²) in [5.41, 5.74) is 0.317. The fraction of sp³-hybridized carbons (Fsp3) is 0.696. The largest absolute Gasteiger partial charge is 0.490 e. The highest BCUT2D eigenvalue weighted by molar-refractivity contribution is 7.88. The molecule has 34 heavy (non-hydrogen) atoms. The van der Waals surface area contributed by atoms with E-state index in [2.05, 4.69) is 4.72 Å². The monoisotopic (exact) mass is 502 g/mol. The molecule has 4 bridgehead atoms. The fourth-order valence-corrected chi connectivity index (χ4v) is 6.11. The molecule has 0 spiro atoms. The first-order valence-corrected chi connectivity index (χ1v) is 13.7. The molecule has 3 heterocycles. The molecular formula is C23H32F2N2O6S. The van der Waals surface area contributed by atoms with Crippen LogP contribution in [0.4, 0.5) is 13.6 Å². The maximum absolute atomic E-state index is 15.0. The maximum atomic E-state index is 15.0. The molecule has 3 unspecified atom stereocenters. The summed E-state index contributed by atoms with van der Waals surface area (Å²) < 4.78 is 72.7. The number of rotatable bonds is 2. The van der Waals surface area contributed by atoms with E-state index in [1.54, 1.807) is 4.90 Å². The van der Waals surface area contributed by atoms with Crippen LogP contribution in [0.1, 0.15) is 56.9 Å². The van der Waals surface area contributed by atoms with Crippen LogP contribution in [0.25, 0.3) is 0 Å². The molecular weight excluding hydrogens is 470 g/mol. The standard InChI is InChI=1S/C23H32F2N2O6S/c1-14-10-19(26-34(2,29)30)20-13-33-17-6-4-15(5-7-17)18-11-16(24)12-21(22(18)25)31-8-3-9-32-23(28)27(14)20/h11-12,14-15,17,19-20,26H,3-10,13H2,1-2H3. The van der Waals surface area contributed by atoms with Crippen molar-refractivity contribution >= 4 is 16.1 Å². The summed E-state index contributed by atoms with van der Waals surface area (Å²) in [6, 6.07) is 1.04. The number of hydrogen-bond donors (Lipinski definition) is 1. The third kappa shape index (κ3) is 5.80. The molecule has 1 saturated heterocycles. The summed E-state index contributed by atoms with van der Waals surface area (Å²) in [6.45, 7) is 2.08. The number of carbonyl (C=O) groups is 1. The van der Waals surface area contributed by atoms with E-state index in [4.69, 9.17) is 14.2 Å². The van der Waals surface area contributed by atoms with Gasteiger partial charge in [-0.05, 0) is 56.6 Å². The van der Waals surface area contributed by atoms with Crippen molar-refractivity contribution in [3.8, 4) is 5.75 Å². The van der Waals surface area contributed by atoms with Gasteiger partial charge in [0.1, 0.15) is 5.82 Å². The number of fused-ring (bicyclic) bond motifs is 8. The Morgan fingerprint density at radius 1 is 1.09 bits per heavy atom. The topological polar surface area (TPSA) is 94.2 Å². The number of nitrogens with one attached hydrogen (secondary N) is 1. The van der Waals surface area contributed by atoms with Gasteiger partial charge >= 0.3 is 6.09 Å². The Kier molecular flexibility index (Phi) is 7.63. The minimum absolute atomic E-state index is 0.0227. The van der Waals surface area contributed by atoms with Gasteiger partial charge in [-0.2, -0.15) is 0 Å². The van der Waals surface area contributed by atoms with Gasteiger partial charge in [-0.1, -0.05) is 0 Å².